The van der Waals surface area contributed by atoms with Crippen LogP contribution in [0.1, 0.15) is 16.9 Å². The molecule has 2 aromatic carbocycles. The molecule has 156 valence electrons. The molecular weight excluding hydrogens is 407 g/mol. The van der Waals surface area contributed by atoms with Crippen LogP contribution in [0.15, 0.2) is 36.4 Å². The van der Waals surface area contributed by atoms with Gasteiger partial charge in [-0.15, -0.1) is 0 Å². The van der Waals surface area contributed by atoms with Crippen molar-refractivity contribution in [2.45, 2.75) is 24.8 Å². The molecule has 0 aliphatic carbocycles. The van der Waals surface area contributed by atoms with Gasteiger partial charge in [0.15, 0.2) is 12.5 Å². The molecule has 1 aliphatic rings. The van der Waals surface area contributed by atoms with E-state index in [4.69, 9.17) is 0 Å². The van der Waals surface area contributed by atoms with Gasteiger partial charge < -0.3 is 35.7 Å². The summed E-state index contributed by atoms with van der Waals surface area (Å²) in [7, 11) is -4.72. The van der Waals surface area contributed by atoms with E-state index in [0.717, 1.165) is 6.07 Å². The van der Waals surface area contributed by atoms with Crippen LogP contribution in [-0.2, 0) is 11.1 Å². The third-order valence-electron chi connectivity index (χ3n) is 4.32. The number of hydrogen-bond donors (Lipinski definition) is 8. The molecule has 0 aromatic heterocycles. The van der Waals surface area contributed by atoms with Crippen LogP contribution in [-0.4, -0.2) is 42.5 Å². The molecule has 2 aromatic rings. The number of aliphatic hydroxyl groups is 2. The van der Waals surface area contributed by atoms with E-state index in [0.29, 0.717) is 0 Å². The van der Waals surface area contributed by atoms with E-state index in [9.17, 15) is 39.8 Å². The number of nitrogens with zero attached hydrogens (tertiary/aromatic N) is 1. The molecule has 1 heterocycles. The average Bonchev–Trinajstić information content (AvgIpc) is 2.61. The highest BCUT2D eigenvalue weighted by molar-refractivity contribution is 7.52. The van der Waals surface area contributed by atoms with Crippen LogP contribution in [0.3, 0.4) is 0 Å². The number of nitro benzene ring substituents is 1. The highest BCUT2D eigenvalue weighted by Gasteiger charge is 2.32. The fraction of sp³-hybridized carbons (Fsp3) is 0.250. The standard InChI is InChI=1S/C16H19N4O8P/c21-11-3-1-2-8(5-11)16(29(26,27)28)17-7-9-4-10(20(24)25)6-12-13(9)19-15(23)14(22)18-12/h1-6,14-19,21-23H,7H2,(H2,26,27,28). The Labute approximate surface area is 164 Å². The van der Waals surface area contributed by atoms with Crippen molar-refractivity contribution >= 4 is 24.7 Å². The maximum atomic E-state index is 12.0. The number of phenols is 1. The van der Waals surface area contributed by atoms with Crippen molar-refractivity contribution in [2.24, 2.45) is 0 Å². The number of hydrogen-bond acceptors (Lipinski definition) is 9. The summed E-state index contributed by atoms with van der Waals surface area (Å²) in [6.07, 6.45) is -2.80. The molecule has 0 saturated heterocycles. The van der Waals surface area contributed by atoms with Crippen molar-refractivity contribution in [3.05, 3.63) is 57.6 Å². The minimum absolute atomic E-state index is 0.124. The number of phenolic OH excluding ortho intramolecular Hbond substituents is 1. The largest absolute Gasteiger partial charge is 0.508 e. The Kier molecular flexibility index (Phi) is 5.75. The highest BCUT2D eigenvalue weighted by Crippen LogP contribution is 2.50. The smallest absolute Gasteiger partial charge is 0.346 e. The Hall–Kier alpha value is -2.73. The quantitative estimate of drug-likeness (QED) is 0.184. The summed E-state index contributed by atoms with van der Waals surface area (Å²) < 4.78 is 12.0. The number of fused-ring (bicyclic) bond motifs is 1. The Morgan fingerprint density at radius 2 is 1.86 bits per heavy atom. The summed E-state index contributed by atoms with van der Waals surface area (Å²) in [5.41, 5.74) is 0.425. The lowest BCUT2D eigenvalue weighted by molar-refractivity contribution is -0.384. The van der Waals surface area contributed by atoms with Gasteiger partial charge in [0.05, 0.1) is 16.3 Å². The van der Waals surface area contributed by atoms with E-state index in [1.165, 1.54) is 30.3 Å². The molecule has 12 nitrogen and oxygen atoms in total. The second-order valence-electron chi connectivity index (χ2n) is 6.43. The number of aromatic hydroxyl groups is 1. The summed E-state index contributed by atoms with van der Waals surface area (Å²) in [6.45, 7) is -0.229. The molecule has 13 heteroatoms. The first kappa shape index (κ1) is 21.0. The second-order valence-corrected chi connectivity index (χ2v) is 8.13. The van der Waals surface area contributed by atoms with Gasteiger partial charge >= 0.3 is 7.60 Å². The minimum Gasteiger partial charge on any atom is -0.508 e. The van der Waals surface area contributed by atoms with Gasteiger partial charge in [-0.1, -0.05) is 12.1 Å². The lowest BCUT2D eigenvalue weighted by Gasteiger charge is -2.31. The van der Waals surface area contributed by atoms with Crippen molar-refractivity contribution in [3.63, 3.8) is 0 Å². The van der Waals surface area contributed by atoms with Crippen molar-refractivity contribution in [1.29, 1.82) is 0 Å². The maximum Gasteiger partial charge on any atom is 0.346 e. The van der Waals surface area contributed by atoms with Gasteiger partial charge in [-0.25, -0.2) is 0 Å². The monoisotopic (exact) mass is 426 g/mol. The van der Waals surface area contributed by atoms with Gasteiger partial charge in [0.25, 0.3) is 5.69 Å². The number of nitrogens with one attached hydrogen (secondary N) is 3. The number of benzene rings is 2. The number of rotatable bonds is 6. The molecule has 0 saturated carbocycles. The normalized spacial score (nSPS) is 19.6. The first-order valence-corrected chi connectivity index (χ1v) is 10.0. The lowest BCUT2D eigenvalue weighted by atomic mass is 10.1. The van der Waals surface area contributed by atoms with E-state index in [1.807, 2.05) is 0 Å². The highest BCUT2D eigenvalue weighted by atomic mass is 31.2. The molecule has 29 heavy (non-hydrogen) atoms. The van der Waals surface area contributed by atoms with E-state index in [2.05, 4.69) is 16.0 Å². The fourth-order valence-electron chi connectivity index (χ4n) is 3.01. The SMILES string of the molecule is O=[N+]([O-])c1cc(CNC(c2cccc(O)c2)P(=O)(O)O)c2c(c1)NC(O)C(O)N2. The molecule has 0 radical (unpaired) electrons. The van der Waals surface area contributed by atoms with Gasteiger partial charge in [0.2, 0.25) is 0 Å². The first-order chi connectivity index (χ1) is 13.6. The van der Waals surface area contributed by atoms with Crippen LogP contribution in [0, 0.1) is 10.1 Å². The zero-order chi connectivity index (χ0) is 21.3. The number of nitro groups is 1. The van der Waals surface area contributed by atoms with Gasteiger partial charge in [-0.3, -0.25) is 20.0 Å². The van der Waals surface area contributed by atoms with E-state index in [-0.39, 0.29) is 40.5 Å². The van der Waals surface area contributed by atoms with Crippen molar-refractivity contribution in [3.8, 4) is 5.75 Å². The Balaban J connectivity index is 1.96. The topological polar surface area (TPSA) is 197 Å². The molecular formula is C16H19N4O8P. The molecule has 0 amide bonds. The summed E-state index contributed by atoms with van der Waals surface area (Å²) in [5, 5.41) is 48.1. The Bertz CT molecular complexity index is 981. The predicted molar refractivity (Wildman–Crippen MR) is 102 cm³/mol. The van der Waals surface area contributed by atoms with Crippen LogP contribution in [0.2, 0.25) is 0 Å². The van der Waals surface area contributed by atoms with Gasteiger partial charge in [0.1, 0.15) is 11.5 Å². The Morgan fingerprint density at radius 3 is 2.48 bits per heavy atom. The minimum atomic E-state index is -4.72. The predicted octanol–water partition coefficient (Wildman–Crippen LogP) is 0.741. The van der Waals surface area contributed by atoms with Gasteiger partial charge in [-0.05, 0) is 23.3 Å². The molecule has 3 unspecified atom stereocenters. The zero-order valence-corrected chi connectivity index (χ0v) is 15.7. The summed E-state index contributed by atoms with van der Waals surface area (Å²) in [5.74, 6) is -1.67. The maximum absolute atomic E-state index is 12.0. The summed E-state index contributed by atoms with van der Waals surface area (Å²) in [4.78, 5) is 30.0. The molecule has 3 atom stereocenters. The summed E-state index contributed by atoms with van der Waals surface area (Å²) in [6, 6.07) is 7.73. The molecule has 0 spiro atoms. The van der Waals surface area contributed by atoms with Crippen LogP contribution in [0.5, 0.6) is 5.75 Å². The molecule has 0 fully saturated rings. The van der Waals surface area contributed by atoms with Crippen molar-refractivity contribution in [1.82, 2.24) is 5.32 Å². The van der Waals surface area contributed by atoms with Gasteiger partial charge in [-0.2, -0.15) is 0 Å². The number of anilines is 2. The lowest BCUT2D eigenvalue weighted by Crippen LogP contribution is -2.43. The van der Waals surface area contributed by atoms with E-state index in [1.54, 1.807) is 0 Å². The van der Waals surface area contributed by atoms with E-state index < -0.39 is 30.8 Å². The average molecular weight is 426 g/mol. The molecule has 8 N–H and O–H groups in total. The molecule has 3 rings (SSSR count). The van der Waals surface area contributed by atoms with Crippen LogP contribution >= 0.6 is 7.60 Å². The van der Waals surface area contributed by atoms with Crippen LogP contribution in [0.25, 0.3) is 0 Å². The molecule has 0 bridgehead atoms. The second kappa shape index (κ2) is 7.95. The third-order valence-corrected chi connectivity index (χ3v) is 5.47. The van der Waals surface area contributed by atoms with Crippen molar-refractivity contribution in [2.75, 3.05) is 10.6 Å². The Morgan fingerprint density at radius 1 is 1.17 bits per heavy atom. The van der Waals surface area contributed by atoms with Gasteiger partial charge in [0, 0.05) is 18.7 Å². The third kappa shape index (κ3) is 4.65. The van der Waals surface area contributed by atoms with E-state index >= 15 is 0 Å². The van der Waals surface area contributed by atoms with Crippen molar-refractivity contribution < 1.29 is 34.6 Å². The zero-order valence-electron chi connectivity index (χ0n) is 14.8. The number of aliphatic hydroxyl groups excluding tert-OH is 2. The molecule has 1 aliphatic heterocycles. The first-order valence-electron chi connectivity index (χ1n) is 8.34. The van der Waals surface area contributed by atoms with Crippen LogP contribution < -0.4 is 16.0 Å². The summed E-state index contributed by atoms with van der Waals surface area (Å²) >= 11 is 0. The van der Waals surface area contributed by atoms with Crippen LogP contribution in [0.4, 0.5) is 17.1 Å². The number of non-ortho nitro benzene ring substituents is 1. The fourth-order valence-corrected chi connectivity index (χ4v) is 3.89.